The standard InChI is InChI=1S/C44H74O7S.K/c1-3-5-7-9-11-13-15-17-19-21-23-25-27-29-31-33-37-50-43(45)41-36-35-40(52(47,48)49)39-42(41)44(46)51-38-34-32-30-28-26-24-22-20-18-16-14-12-10-8-6-4-2;/h23-26,35-36,39H,3-22,27-34,37-38H2,1-2H3,(H,47,48,49);/q;+1/p-1/b25-23+,26-24+;. The van der Waals surface area contributed by atoms with E-state index in [9.17, 15) is 22.6 Å². The molecular formula is C44H73KO7S. The molecule has 0 atom stereocenters. The van der Waals surface area contributed by atoms with Gasteiger partial charge in [-0.3, -0.25) is 0 Å². The van der Waals surface area contributed by atoms with Crippen LogP contribution in [0.1, 0.15) is 214 Å². The smallest absolute Gasteiger partial charge is 0.744 e. The van der Waals surface area contributed by atoms with Gasteiger partial charge in [0.2, 0.25) is 0 Å². The summed E-state index contributed by atoms with van der Waals surface area (Å²) < 4.78 is 45.7. The zero-order chi connectivity index (χ0) is 38.0. The second-order valence-electron chi connectivity index (χ2n) is 14.3. The molecular weight excluding hydrogens is 712 g/mol. The minimum Gasteiger partial charge on any atom is -0.744 e. The monoisotopic (exact) mass is 784 g/mol. The number of carbonyl (C=O) groups is 2. The first-order chi connectivity index (χ1) is 25.3. The number of rotatable bonds is 35. The Bertz CT molecular complexity index is 1210. The summed E-state index contributed by atoms with van der Waals surface area (Å²) in [5.41, 5.74) is -0.368. The van der Waals surface area contributed by atoms with E-state index in [1.54, 1.807) is 0 Å². The van der Waals surface area contributed by atoms with E-state index < -0.39 is 27.0 Å². The second-order valence-corrected chi connectivity index (χ2v) is 15.7. The van der Waals surface area contributed by atoms with Crippen molar-refractivity contribution < 1.29 is 83.4 Å². The van der Waals surface area contributed by atoms with Crippen molar-refractivity contribution >= 4 is 22.1 Å². The maximum absolute atomic E-state index is 12.9. The molecule has 7 nitrogen and oxygen atoms in total. The first kappa shape index (κ1) is 52.2. The molecule has 0 spiro atoms. The van der Waals surface area contributed by atoms with E-state index in [4.69, 9.17) is 9.47 Å². The van der Waals surface area contributed by atoms with Gasteiger partial charge in [-0.1, -0.05) is 141 Å². The summed E-state index contributed by atoms with van der Waals surface area (Å²) in [5, 5.41) is 0. The number of hydrogen-bond acceptors (Lipinski definition) is 7. The summed E-state index contributed by atoms with van der Waals surface area (Å²) in [4.78, 5) is 25.2. The third kappa shape index (κ3) is 30.1. The summed E-state index contributed by atoms with van der Waals surface area (Å²) in [6, 6.07) is 3.10. The molecule has 1 aromatic rings. The topological polar surface area (TPSA) is 110 Å². The first-order valence-corrected chi connectivity index (χ1v) is 22.5. The van der Waals surface area contributed by atoms with Crippen molar-refractivity contribution in [3.05, 3.63) is 53.6 Å². The van der Waals surface area contributed by atoms with Gasteiger partial charge in [-0.25, -0.2) is 18.0 Å². The fraction of sp³-hybridized carbons (Fsp3) is 0.727. The predicted molar refractivity (Wildman–Crippen MR) is 214 cm³/mol. The van der Waals surface area contributed by atoms with Crippen LogP contribution in [0.25, 0.3) is 0 Å². The summed E-state index contributed by atoms with van der Waals surface area (Å²) in [6.07, 6.45) is 42.3. The number of carbonyl (C=O) groups excluding carboxylic acids is 2. The molecule has 0 bridgehead atoms. The van der Waals surface area contributed by atoms with Crippen LogP contribution < -0.4 is 51.4 Å². The number of benzene rings is 1. The van der Waals surface area contributed by atoms with Gasteiger partial charge < -0.3 is 14.0 Å². The van der Waals surface area contributed by atoms with Crippen LogP contribution >= 0.6 is 0 Å². The quantitative estimate of drug-likeness (QED) is 0.0222. The van der Waals surface area contributed by atoms with E-state index in [-0.39, 0.29) is 75.7 Å². The van der Waals surface area contributed by atoms with Crippen LogP contribution in [0.5, 0.6) is 0 Å². The minimum absolute atomic E-state index is 0. The molecule has 0 heterocycles. The van der Waals surface area contributed by atoms with E-state index in [0.29, 0.717) is 12.8 Å². The Morgan fingerprint density at radius 1 is 0.509 bits per heavy atom. The summed E-state index contributed by atoms with van der Waals surface area (Å²) in [6.45, 7) is 4.83. The van der Waals surface area contributed by atoms with Crippen LogP contribution in [0.2, 0.25) is 0 Å². The molecule has 0 saturated carbocycles. The molecule has 0 amide bonds. The molecule has 0 saturated heterocycles. The van der Waals surface area contributed by atoms with Crippen molar-refractivity contribution in [2.24, 2.45) is 0 Å². The van der Waals surface area contributed by atoms with Crippen molar-refractivity contribution in [2.75, 3.05) is 13.2 Å². The maximum atomic E-state index is 12.9. The third-order valence-electron chi connectivity index (χ3n) is 9.50. The molecule has 0 aliphatic heterocycles. The molecule has 9 heteroatoms. The first-order valence-electron chi connectivity index (χ1n) is 21.0. The second kappa shape index (κ2) is 36.8. The molecule has 0 aromatic heterocycles. The van der Waals surface area contributed by atoms with Crippen molar-refractivity contribution in [1.29, 1.82) is 0 Å². The molecule has 0 fully saturated rings. The van der Waals surface area contributed by atoms with E-state index in [2.05, 4.69) is 38.2 Å². The predicted octanol–water partition coefficient (Wildman–Crippen LogP) is 9.98. The fourth-order valence-electron chi connectivity index (χ4n) is 6.21. The van der Waals surface area contributed by atoms with Gasteiger partial charge in [0.25, 0.3) is 0 Å². The van der Waals surface area contributed by atoms with Crippen molar-refractivity contribution in [2.45, 2.75) is 199 Å². The average Bonchev–Trinajstić information content (AvgIpc) is 3.13. The maximum Gasteiger partial charge on any atom is 1.00 e. The normalized spacial score (nSPS) is 11.7. The molecule has 1 rings (SSSR count). The van der Waals surface area contributed by atoms with Crippen LogP contribution in [0.3, 0.4) is 0 Å². The number of hydrogen-bond donors (Lipinski definition) is 0. The van der Waals surface area contributed by atoms with Gasteiger partial charge in [0.05, 0.1) is 29.2 Å². The molecule has 0 radical (unpaired) electrons. The van der Waals surface area contributed by atoms with E-state index >= 15 is 0 Å². The Morgan fingerprint density at radius 2 is 0.830 bits per heavy atom. The van der Waals surface area contributed by atoms with Crippen LogP contribution in [-0.2, 0) is 19.6 Å². The minimum atomic E-state index is -4.82. The third-order valence-corrected chi connectivity index (χ3v) is 10.3. The van der Waals surface area contributed by atoms with Crippen LogP contribution in [-0.4, -0.2) is 38.1 Å². The molecule has 0 N–H and O–H groups in total. The Labute approximate surface area is 367 Å². The molecule has 1 aromatic carbocycles. The van der Waals surface area contributed by atoms with Gasteiger partial charge in [-0.2, -0.15) is 0 Å². The van der Waals surface area contributed by atoms with Crippen LogP contribution in [0.4, 0.5) is 0 Å². The number of allylic oxidation sites excluding steroid dienone is 4. The summed E-state index contributed by atoms with van der Waals surface area (Å²) >= 11 is 0. The average molecular weight is 785 g/mol. The van der Waals surface area contributed by atoms with Crippen LogP contribution in [0, 0.1) is 0 Å². The Hall–Kier alpha value is -0.814. The van der Waals surface area contributed by atoms with Crippen molar-refractivity contribution in [1.82, 2.24) is 0 Å². The van der Waals surface area contributed by atoms with Crippen molar-refractivity contribution in [3.63, 3.8) is 0 Å². The summed E-state index contributed by atoms with van der Waals surface area (Å²) in [7, 11) is -4.82. The number of esters is 2. The fourth-order valence-corrected chi connectivity index (χ4v) is 6.71. The van der Waals surface area contributed by atoms with Gasteiger partial charge in [-0.15, -0.1) is 0 Å². The molecule has 0 aliphatic carbocycles. The number of ether oxygens (including phenoxy) is 2. The molecule has 0 aliphatic rings. The van der Waals surface area contributed by atoms with E-state index in [1.165, 1.54) is 116 Å². The van der Waals surface area contributed by atoms with E-state index in [0.717, 1.165) is 69.6 Å². The van der Waals surface area contributed by atoms with Gasteiger partial charge in [0, 0.05) is 0 Å². The Kier molecular flexibility index (Phi) is 36.2. The Balaban J connectivity index is 0.0000270. The largest absolute Gasteiger partial charge is 1.00 e. The van der Waals surface area contributed by atoms with Gasteiger partial charge in [0.1, 0.15) is 10.1 Å². The van der Waals surface area contributed by atoms with E-state index in [1.807, 2.05) is 0 Å². The van der Waals surface area contributed by atoms with Gasteiger partial charge in [0.15, 0.2) is 0 Å². The zero-order valence-electron chi connectivity index (χ0n) is 34.0. The van der Waals surface area contributed by atoms with Gasteiger partial charge >= 0.3 is 63.3 Å². The molecule has 298 valence electrons. The zero-order valence-corrected chi connectivity index (χ0v) is 38.0. The number of unbranched alkanes of at least 4 members (excludes halogenated alkanes) is 24. The van der Waals surface area contributed by atoms with Gasteiger partial charge in [-0.05, 0) is 95.2 Å². The molecule has 53 heavy (non-hydrogen) atoms. The SMILES string of the molecule is CCCCCCCCCCC/C=C/CCCCCOC(=O)c1ccc(S(=O)(=O)[O-])cc1C(=O)OCCCCC/C=C/CCCCCCCCCCC.[K+]. The molecule has 0 unspecified atom stereocenters. The van der Waals surface area contributed by atoms with Crippen molar-refractivity contribution in [3.8, 4) is 0 Å². The Morgan fingerprint density at radius 3 is 1.19 bits per heavy atom. The summed E-state index contributed by atoms with van der Waals surface area (Å²) in [5.74, 6) is -1.58. The van der Waals surface area contributed by atoms with Crippen LogP contribution in [0.15, 0.2) is 47.4 Å².